The lowest BCUT2D eigenvalue weighted by Crippen LogP contribution is -2.30. The van der Waals surface area contributed by atoms with Crippen LogP contribution in [0, 0.1) is 11.8 Å². The molecule has 0 aliphatic heterocycles. The lowest BCUT2D eigenvalue weighted by molar-refractivity contribution is -0.161. The van der Waals surface area contributed by atoms with E-state index in [0.717, 1.165) is 102 Å². The molecule has 0 aromatic carbocycles. The van der Waals surface area contributed by atoms with Crippen LogP contribution >= 0.6 is 15.6 Å². The first kappa shape index (κ1) is 96.1. The average Bonchev–Trinajstić information content (AvgIpc) is 0.946. The number of rotatable bonds is 78. The molecule has 0 saturated carbocycles. The van der Waals surface area contributed by atoms with Crippen molar-refractivity contribution in [1.29, 1.82) is 0 Å². The molecule has 3 unspecified atom stereocenters. The second kappa shape index (κ2) is 70.7. The topological polar surface area (TPSA) is 237 Å². The first-order valence-electron chi connectivity index (χ1n) is 41.0. The summed E-state index contributed by atoms with van der Waals surface area (Å²) in [6.45, 7) is 9.58. The smallest absolute Gasteiger partial charge is 0.462 e. The van der Waals surface area contributed by atoms with Crippen LogP contribution in [0.5, 0.6) is 0 Å². The number of carbonyl (C=O) groups is 4. The zero-order chi connectivity index (χ0) is 72.1. The molecule has 0 bridgehead atoms. The van der Waals surface area contributed by atoms with E-state index in [1.165, 1.54) is 231 Å². The van der Waals surface area contributed by atoms with E-state index in [1.54, 1.807) is 0 Å². The quantitative estimate of drug-likeness (QED) is 0.0222. The van der Waals surface area contributed by atoms with E-state index in [4.69, 9.17) is 37.0 Å². The zero-order valence-corrected chi connectivity index (χ0v) is 65.9. The number of phosphoric ester groups is 2. The van der Waals surface area contributed by atoms with Crippen LogP contribution in [0.1, 0.15) is 414 Å². The maximum Gasteiger partial charge on any atom is 0.472 e. The van der Waals surface area contributed by atoms with Gasteiger partial charge in [-0.25, -0.2) is 9.13 Å². The van der Waals surface area contributed by atoms with Crippen LogP contribution in [0.15, 0.2) is 0 Å². The van der Waals surface area contributed by atoms with Crippen LogP contribution in [0.2, 0.25) is 0 Å². The molecule has 0 heterocycles. The molecule has 0 fully saturated rings. The van der Waals surface area contributed by atoms with Gasteiger partial charge in [-0.2, -0.15) is 0 Å². The highest BCUT2D eigenvalue weighted by Gasteiger charge is 2.30. The van der Waals surface area contributed by atoms with Crippen LogP contribution in [0.25, 0.3) is 0 Å². The van der Waals surface area contributed by atoms with Gasteiger partial charge in [0.2, 0.25) is 0 Å². The number of hydrogen-bond donors (Lipinski definition) is 3. The maximum absolute atomic E-state index is 13.1. The van der Waals surface area contributed by atoms with Gasteiger partial charge < -0.3 is 33.8 Å². The largest absolute Gasteiger partial charge is 0.472 e. The molecule has 6 atom stereocenters. The second-order valence-electron chi connectivity index (χ2n) is 29.2. The third-order valence-corrected chi connectivity index (χ3v) is 20.7. The molecule has 582 valence electrons. The van der Waals surface area contributed by atoms with Crippen molar-refractivity contribution in [2.75, 3.05) is 39.6 Å². The van der Waals surface area contributed by atoms with Crippen molar-refractivity contribution in [3.8, 4) is 0 Å². The lowest BCUT2D eigenvalue weighted by atomic mass is 10.00. The van der Waals surface area contributed by atoms with Gasteiger partial charge in [-0.05, 0) is 37.5 Å². The SMILES string of the molecule is CCCCCCCCCCCCCCCCCCCCCCC(=O)O[C@H](COC(=O)CCCCCCCCCCCCCCCCCCC(C)C)COP(=O)(O)OC[C@@H](O)COP(=O)(O)OC[C@@H](COC(=O)CCCCCCCCCCC)OC(=O)CCCCCCCCC(C)CC. The van der Waals surface area contributed by atoms with Gasteiger partial charge in [0.25, 0.3) is 0 Å². The second-order valence-corrected chi connectivity index (χ2v) is 32.1. The van der Waals surface area contributed by atoms with E-state index in [1.807, 2.05) is 0 Å². The minimum atomic E-state index is -4.96. The van der Waals surface area contributed by atoms with Crippen LogP contribution in [0.3, 0.4) is 0 Å². The van der Waals surface area contributed by atoms with Crippen molar-refractivity contribution in [2.24, 2.45) is 11.8 Å². The number of unbranched alkanes of at least 4 members (excludes halogenated alkanes) is 47. The third kappa shape index (κ3) is 71.1. The van der Waals surface area contributed by atoms with Crippen LogP contribution in [-0.4, -0.2) is 96.7 Å². The molecule has 0 aliphatic rings. The fourth-order valence-electron chi connectivity index (χ4n) is 12.2. The van der Waals surface area contributed by atoms with Crippen molar-refractivity contribution in [2.45, 2.75) is 432 Å². The average molecular weight is 1440 g/mol. The van der Waals surface area contributed by atoms with Crippen LogP contribution in [0.4, 0.5) is 0 Å². The molecule has 3 N–H and O–H groups in total. The molecule has 17 nitrogen and oxygen atoms in total. The number of aliphatic hydroxyl groups excluding tert-OH is 1. The zero-order valence-electron chi connectivity index (χ0n) is 64.1. The maximum atomic E-state index is 13.1. The predicted octanol–water partition coefficient (Wildman–Crippen LogP) is 23.5. The van der Waals surface area contributed by atoms with Gasteiger partial charge in [0, 0.05) is 25.7 Å². The number of ether oxygens (including phenoxy) is 4. The fourth-order valence-corrected chi connectivity index (χ4v) is 13.7. The van der Waals surface area contributed by atoms with E-state index < -0.39 is 97.5 Å². The molecule has 0 radical (unpaired) electrons. The van der Waals surface area contributed by atoms with E-state index >= 15 is 0 Å². The summed E-state index contributed by atoms with van der Waals surface area (Å²) in [6, 6.07) is 0. The van der Waals surface area contributed by atoms with Crippen molar-refractivity contribution in [3.05, 3.63) is 0 Å². The Morgan fingerprint density at radius 3 is 0.776 bits per heavy atom. The normalized spacial score (nSPS) is 14.2. The number of carbonyl (C=O) groups excluding carboxylic acids is 4. The first-order chi connectivity index (χ1) is 47.4. The Kier molecular flexibility index (Phi) is 69.3. The Labute approximate surface area is 600 Å². The van der Waals surface area contributed by atoms with Gasteiger partial charge in [0.1, 0.15) is 19.3 Å². The Hall–Kier alpha value is -1.94. The molecule has 0 spiro atoms. The summed E-state index contributed by atoms with van der Waals surface area (Å²) in [5, 5.41) is 10.6. The molecular formula is C79H154O17P2. The number of aliphatic hydroxyl groups is 1. The van der Waals surface area contributed by atoms with E-state index in [-0.39, 0.29) is 25.7 Å². The summed E-state index contributed by atoms with van der Waals surface area (Å²) in [7, 11) is -9.91. The molecule has 98 heavy (non-hydrogen) atoms. The Bertz CT molecular complexity index is 1890. The fraction of sp³-hybridized carbons (Fsp3) is 0.949. The number of phosphoric acid groups is 2. The highest BCUT2D eigenvalue weighted by molar-refractivity contribution is 7.47. The van der Waals surface area contributed by atoms with Crippen LogP contribution in [-0.2, 0) is 65.4 Å². The summed E-state index contributed by atoms with van der Waals surface area (Å²) in [5.41, 5.74) is 0. The monoisotopic (exact) mass is 1440 g/mol. The Morgan fingerprint density at radius 1 is 0.296 bits per heavy atom. The van der Waals surface area contributed by atoms with Gasteiger partial charge in [-0.15, -0.1) is 0 Å². The minimum Gasteiger partial charge on any atom is -0.462 e. The molecule has 0 amide bonds. The minimum absolute atomic E-state index is 0.103. The predicted molar refractivity (Wildman–Crippen MR) is 400 cm³/mol. The van der Waals surface area contributed by atoms with E-state index in [2.05, 4.69) is 41.5 Å². The van der Waals surface area contributed by atoms with Gasteiger partial charge in [-0.1, -0.05) is 363 Å². The van der Waals surface area contributed by atoms with Crippen molar-refractivity contribution in [1.82, 2.24) is 0 Å². The lowest BCUT2D eigenvalue weighted by Gasteiger charge is -2.21. The van der Waals surface area contributed by atoms with Gasteiger partial charge in [0.15, 0.2) is 12.2 Å². The van der Waals surface area contributed by atoms with Crippen molar-refractivity contribution < 1.29 is 80.2 Å². The van der Waals surface area contributed by atoms with E-state index in [9.17, 15) is 43.2 Å². The molecule has 0 saturated heterocycles. The van der Waals surface area contributed by atoms with Gasteiger partial charge in [-0.3, -0.25) is 37.3 Å². The Morgan fingerprint density at radius 2 is 0.520 bits per heavy atom. The van der Waals surface area contributed by atoms with Crippen LogP contribution < -0.4 is 0 Å². The molecule has 0 aromatic rings. The summed E-state index contributed by atoms with van der Waals surface area (Å²) in [4.78, 5) is 72.8. The molecule has 0 aromatic heterocycles. The summed E-state index contributed by atoms with van der Waals surface area (Å²) in [5.74, 6) is -0.584. The van der Waals surface area contributed by atoms with Gasteiger partial charge >= 0.3 is 39.5 Å². The third-order valence-electron chi connectivity index (χ3n) is 18.8. The van der Waals surface area contributed by atoms with Gasteiger partial charge in [0.05, 0.1) is 26.4 Å². The van der Waals surface area contributed by atoms with E-state index in [0.29, 0.717) is 25.7 Å². The molecule has 0 aliphatic carbocycles. The Balaban J connectivity index is 5.19. The highest BCUT2D eigenvalue weighted by Crippen LogP contribution is 2.45. The first-order valence-corrected chi connectivity index (χ1v) is 44.0. The van der Waals surface area contributed by atoms with Crippen molar-refractivity contribution >= 4 is 39.5 Å². The number of hydrogen-bond acceptors (Lipinski definition) is 15. The molecule has 0 rings (SSSR count). The molecule has 19 heteroatoms. The summed E-state index contributed by atoms with van der Waals surface area (Å²) < 4.78 is 68.5. The van der Waals surface area contributed by atoms with Crippen molar-refractivity contribution in [3.63, 3.8) is 0 Å². The molecular weight excluding hydrogens is 1280 g/mol. The summed E-state index contributed by atoms with van der Waals surface area (Å²) in [6.07, 6.45) is 59.9. The highest BCUT2D eigenvalue weighted by atomic mass is 31.2. The standard InChI is InChI=1S/C79H154O17P2/c1-7-10-12-14-16-18-19-20-21-22-23-24-25-30-33-36-40-44-51-57-63-78(83)95-74(67-90-77(82)62-56-50-43-39-35-32-29-27-26-28-31-34-38-41-47-53-59-71(4)5)69-93-97(85,86)91-65-73(80)66-92-98(87,88)94-70-75(68-89-76(81)61-55-49-42-37-17-15-13-11-8-2)96-79(84)64-58-52-46-45-48-54-60-72(6)9-3/h71-75,80H,7-70H2,1-6H3,(H,85,86)(H,87,88)/t72?,73-,74-,75-/m1/s1. The summed E-state index contributed by atoms with van der Waals surface area (Å²) >= 11 is 0. The number of esters is 4.